The minimum Gasteiger partial charge on any atom is -0.467 e. The second-order valence-electron chi connectivity index (χ2n) is 8.96. The molecule has 1 aromatic carbocycles. The number of carbonyl (C=O) groups is 2. The van der Waals surface area contributed by atoms with Crippen molar-refractivity contribution in [1.29, 1.82) is 0 Å². The van der Waals surface area contributed by atoms with Crippen molar-refractivity contribution in [3.8, 4) is 0 Å². The number of nitrogens with zero attached hydrogens (tertiary/aromatic N) is 1. The number of amides is 1. The van der Waals surface area contributed by atoms with Crippen molar-refractivity contribution >= 4 is 20.4 Å². The van der Waals surface area contributed by atoms with E-state index >= 15 is 0 Å². The molecule has 1 aliphatic heterocycles. The van der Waals surface area contributed by atoms with Gasteiger partial charge in [0.1, 0.15) is 6.61 Å². The van der Waals surface area contributed by atoms with E-state index in [9.17, 15) is 9.59 Å². The van der Waals surface area contributed by atoms with Crippen molar-refractivity contribution in [3.63, 3.8) is 0 Å². The summed E-state index contributed by atoms with van der Waals surface area (Å²) in [6.45, 7) is 13.8. The van der Waals surface area contributed by atoms with Crippen molar-refractivity contribution in [2.45, 2.75) is 83.3 Å². The van der Waals surface area contributed by atoms with Gasteiger partial charge in [-0.2, -0.15) is 0 Å². The van der Waals surface area contributed by atoms with Gasteiger partial charge in [-0.3, -0.25) is 4.90 Å². The molecule has 0 radical (unpaired) electrons. The smallest absolute Gasteiger partial charge is 0.410 e. The first-order chi connectivity index (χ1) is 14.1. The fourth-order valence-corrected chi connectivity index (χ4v) is 10.6. The SMILES string of the molecule is COC(=O)[C@H]1[C@H](O[Si](C(C)C)(C(C)C)C(C)C)CCN1C(=O)OCc1ccccc1. The molecule has 0 saturated carbocycles. The van der Waals surface area contributed by atoms with Gasteiger partial charge in [-0.1, -0.05) is 71.9 Å². The number of ether oxygens (including phenoxy) is 2. The lowest BCUT2D eigenvalue weighted by Gasteiger charge is -2.44. The predicted octanol–water partition coefficient (Wildman–Crippen LogP) is 5.13. The minimum atomic E-state index is -2.22. The lowest BCUT2D eigenvalue weighted by atomic mass is 10.2. The van der Waals surface area contributed by atoms with Gasteiger partial charge < -0.3 is 13.9 Å². The van der Waals surface area contributed by atoms with Gasteiger partial charge in [0.15, 0.2) is 6.04 Å². The molecule has 30 heavy (non-hydrogen) atoms. The molecule has 2 atom stereocenters. The summed E-state index contributed by atoms with van der Waals surface area (Å²) in [6.07, 6.45) is -0.284. The Hall–Kier alpha value is -1.86. The van der Waals surface area contributed by atoms with Crippen LogP contribution in [0.1, 0.15) is 53.5 Å². The number of methoxy groups -OCH3 is 1. The third-order valence-electron chi connectivity index (χ3n) is 6.29. The number of carbonyl (C=O) groups excluding carboxylic acids is 2. The summed E-state index contributed by atoms with van der Waals surface area (Å²) in [4.78, 5) is 27.0. The summed E-state index contributed by atoms with van der Waals surface area (Å²) in [5.41, 5.74) is 2.05. The highest BCUT2D eigenvalue weighted by Gasteiger charge is 2.52. The van der Waals surface area contributed by atoms with E-state index in [4.69, 9.17) is 13.9 Å². The molecular formula is C23H37NO5Si. The Morgan fingerprint density at radius 3 is 2.10 bits per heavy atom. The van der Waals surface area contributed by atoms with Crippen LogP contribution in [0.2, 0.25) is 16.6 Å². The van der Waals surface area contributed by atoms with Crippen LogP contribution in [0.4, 0.5) is 4.79 Å². The number of hydrogen-bond acceptors (Lipinski definition) is 5. The van der Waals surface area contributed by atoms with Gasteiger partial charge in [-0.15, -0.1) is 0 Å². The van der Waals surface area contributed by atoms with Crippen molar-refractivity contribution in [2.24, 2.45) is 0 Å². The lowest BCUT2D eigenvalue weighted by molar-refractivity contribution is -0.147. The molecule has 1 aromatic rings. The Morgan fingerprint density at radius 2 is 1.60 bits per heavy atom. The summed E-state index contributed by atoms with van der Waals surface area (Å²) in [5.74, 6) is -0.451. The number of hydrogen-bond donors (Lipinski definition) is 0. The second-order valence-corrected chi connectivity index (χ2v) is 14.4. The second kappa shape index (κ2) is 10.4. The molecule has 0 bridgehead atoms. The lowest BCUT2D eigenvalue weighted by Crippen LogP contribution is -2.54. The van der Waals surface area contributed by atoms with Crippen molar-refractivity contribution in [3.05, 3.63) is 35.9 Å². The van der Waals surface area contributed by atoms with Gasteiger partial charge >= 0.3 is 12.1 Å². The van der Waals surface area contributed by atoms with Crippen LogP contribution in [-0.2, 0) is 25.3 Å². The first kappa shape index (κ1) is 24.4. The first-order valence-corrected chi connectivity index (χ1v) is 13.0. The Balaban J connectivity index is 2.21. The van der Waals surface area contributed by atoms with E-state index in [-0.39, 0.29) is 12.7 Å². The van der Waals surface area contributed by atoms with Crippen LogP contribution in [0.5, 0.6) is 0 Å². The zero-order chi connectivity index (χ0) is 22.5. The molecule has 1 fully saturated rings. The molecule has 0 aliphatic carbocycles. The van der Waals surface area contributed by atoms with Crippen molar-refractivity contribution in [2.75, 3.05) is 13.7 Å². The monoisotopic (exact) mass is 435 g/mol. The van der Waals surface area contributed by atoms with Crippen LogP contribution in [0.3, 0.4) is 0 Å². The van der Waals surface area contributed by atoms with Gasteiger partial charge in [0.25, 0.3) is 0 Å². The van der Waals surface area contributed by atoms with Gasteiger partial charge in [0.2, 0.25) is 8.32 Å². The summed E-state index contributed by atoms with van der Waals surface area (Å²) in [7, 11) is -0.865. The maximum Gasteiger partial charge on any atom is 0.410 e. The van der Waals surface area contributed by atoms with E-state index in [1.54, 1.807) is 0 Å². The van der Waals surface area contributed by atoms with Crippen molar-refractivity contribution < 1.29 is 23.5 Å². The molecule has 1 aliphatic rings. The van der Waals surface area contributed by atoms with Gasteiger partial charge in [0.05, 0.1) is 13.2 Å². The largest absolute Gasteiger partial charge is 0.467 e. The van der Waals surface area contributed by atoms with E-state index in [1.807, 2.05) is 30.3 Å². The number of esters is 1. The van der Waals surface area contributed by atoms with E-state index in [0.29, 0.717) is 29.6 Å². The summed E-state index contributed by atoms with van der Waals surface area (Å²) >= 11 is 0. The zero-order valence-corrected chi connectivity index (χ0v) is 20.4. The third kappa shape index (κ3) is 5.06. The predicted molar refractivity (Wildman–Crippen MR) is 120 cm³/mol. The molecule has 7 heteroatoms. The zero-order valence-electron chi connectivity index (χ0n) is 19.4. The van der Waals surface area contributed by atoms with Gasteiger partial charge in [-0.05, 0) is 28.6 Å². The normalized spacial score (nSPS) is 19.6. The first-order valence-electron chi connectivity index (χ1n) is 10.9. The van der Waals surface area contributed by atoms with Crippen LogP contribution in [-0.4, -0.2) is 51.1 Å². The average molecular weight is 436 g/mol. The number of likely N-dealkylation sites (tertiary alicyclic amines) is 1. The Labute approximate surface area is 182 Å². The highest BCUT2D eigenvalue weighted by atomic mass is 28.4. The fourth-order valence-electron chi connectivity index (χ4n) is 4.96. The Bertz CT molecular complexity index is 685. The van der Waals surface area contributed by atoms with Gasteiger partial charge in [-0.25, -0.2) is 9.59 Å². The van der Waals surface area contributed by atoms with E-state index in [2.05, 4.69) is 41.5 Å². The summed E-state index contributed by atoms with van der Waals surface area (Å²) in [5, 5.41) is 0. The van der Waals surface area contributed by atoms with Gasteiger partial charge in [0, 0.05) is 6.54 Å². The van der Waals surface area contributed by atoms with Crippen LogP contribution in [0, 0.1) is 0 Å². The standard InChI is InChI=1S/C23H37NO5Si/c1-16(2)30(17(3)4,18(5)6)29-20-13-14-24(21(20)22(25)27-7)23(26)28-15-19-11-9-8-10-12-19/h8-12,16-18,20-21H,13-15H2,1-7H3/t20-,21-/m1/s1. The molecule has 2 rings (SSSR count). The van der Waals surface area contributed by atoms with Crippen LogP contribution < -0.4 is 0 Å². The van der Waals surface area contributed by atoms with Crippen LogP contribution in [0.25, 0.3) is 0 Å². The minimum absolute atomic E-state index is 0.165. The number of benzene rings is 1. The quantitative estimate of drug-likeness (QED) is 0.418. The molecule has 6 nitrogen and oxygen atoms in total. The van der Waals surface area contributed by atoms with Crippen LogP contribution >= 0.6 is 0 Å². The molecule has 1 heterocycles. The average Bonchev–Trinajstić information content (AvgIpc) is 3.13. The van der Waals surface area contributed by atoms with Crippen molar-refractivity contribution in [1.82, 2.24) is 4.90 Å². The Kier molecular flexibility index (Phi) is 8.49. The Morgan fingerprint density at radius 1 is 1.03 bits per heavy atom. The van der Waals surface area contributed by atoms with E-state index < -0.39 is 26.4 Å². The molecular weight excluding hydrogens is 398 g/mol. The molecule has 0 N–H and O–H groups in total. The molecule has 0 unspecified atom stereocenters. The molecule has 1 amide bonds. The molecule has 0 aromatic heterocycles. The molecule has 168 valence electrons. The maximum atomic E-state index is 12.8. The topological polar surface area (TPSA) is 65.1 Å². The third-order valence-corrected chi connectivity index (χ3v) is 12.4. The maximum absolute atomic E-state index is 12.8. The van der Waals surface area contributed by atoms with Crippen LogP contribution in [0.15, 0.2) is 30.3 Å². The highest BCUT2D eigenvalue weighted by Crippen LogP contribution is 2.44. The van der Waals surface area contributed by atoms with E-state index in [1.165, 1.54) is 12.0 Å². The molecule has 1 saturated heterocycles. The fraction of sp³-hybridized carbons (Fsp3) is 0.652. The summed E-state index contributed by atoms with van der Waals surface area (Å²) in [6, 6.07) is 8.72. The molecule has 0 spiro atoms. The number of rotatable bonds is 8. The van der Waals surface area contributed by atoms with E-state index in [0.717, 1.165) is 5.56 Å². The highest BCUT2D eigenvalue weighted by molar-refractivity contribution is 6.77. The summed E-state index contributed by atoms with van der Waals surface area (Å²) < 4.78 is 17.4.